The zero-order valence-electron chi connectivity index (χ0n) is 19.1. The molecule has 3 N–H and O–H groups in total. The van der Waals surface area contributed by atoms with Gasteiger partial charge in [0.25, 0.3) is 0 Å². The third-order valence-corrected chi connectivity index (χ3v) is 6.55. The number of carbonyl (C=O) groups excluding carboxylic acids is 2. The van der Waals surface area contributed by atoms with Crippen molar-refractivity contribution in [2.45, 2.75) is 39.7 Å². The van der Waals surface area contributed by atoms with Crippen LogP contribution >= 0.6 is 0 Å². The molecule has 2 aliphatic heterocycles. The molecule has 2 fully saturated rings. The zero-order valence-corrected chi connectivity index (χ0v) is 19.1. The number of halogens is 1. The first-order chi connectivity index (χ1) is 15.9. The Morgan fingerprint density at radius 3 is 2.55 bits per heavy atom. The predicted octanol–water partition coefficient (Wildman–Crippen LogP) is 2.98. The summed E-state index contributed by atoms with van der Waals surface area (Å²) in [5.41, 5.74) is 1.62. The lowest BCUT2D eigenvalue weighted by Crippen LogP contribution is -2.36. The van der Waals surface area contributed by atoms with Gasteiger partial charge in [-0.15, -0.1) is 0 Å². The van der Waals surface area contributed by atoms with Gasteiger partial charge in [0.2, 0.25) is 17.8 Å². The van der Waals surface area contributed by atoms with Gasteiger partial charge in [-0.3, -0.25) is 9.59 Å². The van der Waals surface area contributed by atoms with Crippen molar-refractivity contribution in [3.05, 3.63) is 42.0 Å². The molecule has 33 heavy (non-hydrogen) atoms. The topological polar surface area (TPSA) is 99.3 Å². The molecule has 0 saturated carbocycles. The Hall–Kier alpha value is -3.23. The number of anilines is 3. The molecular formula is C24H31FN6O2. The van der Waals surface area contributed by atoms with Gasteiger partial charge in [0.15, 0.2) is 0 Å². The van der Waals surface area contributed by atoms with E-state index in [1.54, 1.807) is 24.5 Å². The van der Waals surface area contributed by atoms with Gasteiger partial charge >= 0.3 is 0 Å². The number of nitrogens with zero attached hydrogens (tertiary/aromatic N) is 3. The van der Waals surface area contributed by atoms with E-state index in [1.165, 1.54) is 6.07 Å². The van der Waals surface area contributed by atoms with Gasteiger partial charge in [-0.25, -0.2) is 14.4 Å². The van der Waals surface area contributed by atoms with Crippen LogP contribution in [0, 0.1) is 23.6 Å². The van der Waals surface area contributed by atoms with E-state index in [4.69, 9.17) is 0 Å². The van der Waals surface area contributed by atoms with Gasteiger partial charge in [0, 0.05) is 43.9 Å². The van der Waals surface area contributed by atoms with Crippen LogP contribution in [-0.4, -0.2) is 41.4 Å². The van der Waals surface area contributed by atoms with Crippen LogP contribution in [-0.2, 0) is 16.1 Å². The second kappa shape index (κ2) is 10.1. The maximum absolute atomic E-state index is 14.5. The minimum absolute atomic E-state index is 0.0704. The van der Waals surface area contributed by atoms with Gasteiger partial charge in [0.1, 0.15) is 5.82 Å². The number of hydrogen-bond donors (Lipinski definition) is 3. The van der Waals surface area contributed by atoms with Crippen LogP contribution in [0.1, 0.15) is 38.7 Å². The first-order valence-corrected chi connectivity index (χ1v) is 11.6. The quantitative estimate of drug-likeness (QED) is 0.595. The lowest BCUT2D eigenvalue weighted by atomic mass is 9.87. The molecule has 2 aliphatic rings. The SMILES string of the molecule is CC(C)C1CCN(c2ncc(Nc3ccc(CNC(=O)C4CNC(=O)C4)c(F)c3)cn2)CC1. The third kappa shape index (κ3) is 5.77. The van der Waals surface area contributed by atoms with E-state index in [-0.39, 0.29) is 24.8 Å². The smallest absolute Gasteiger partial charge is 0.225 e. The van der Waals surface area contributed by atoms with Crippen molar-refractivity contribution in [1.82, 2.24) is 20.6 Å². The Kier molecular flexibility index (Phi) is 7.05. The molecular weight excluding hydrogens is 423 g/mol. The number of hydrogen-bond acceptors (Lipinski definition) is 6. The molecule has 9 heteroatoms. The van der Waals surface area contributed by atoms with E-state index in [1.807, 2.05) is 0 Å². The largest absolute Gasteiger partial charge is 0.355 e. The van der Waals surface area contributed by atoms with Crippen LogP contribution in [0.25, 0.3) is 0 Å². The van der Waals surface area contributed by atoms with Crippen molar-refractivity contribution in [3.63, 3.8) is 0 Å². The van der Waals surface area contributed by atoms with Crippen LogP contribution in [0.15, 0.2) is 30.6 Å². The molecule has 4 rings (SSSR count). The summed E-state index contributed by atoms with van der Waals surface area (Å²) in [6.45, 7) is 6.88. The molecule has 1 atom stereocenters. The lowest BCUT2D eigenvalue weighted by Gasteiger charge is -2.33. The number of benzene rings is 1. The first-order valence-electron chi connectivity index (χ1n) is 11.6. The Morgan fingerprint density at radius 2 is 1.94 bits per heavy atom. The molecule has 1 aromatic heterocycles. The summed E-state index contributed by atoms with van der Waals surface area (Å²) in [6, 6.07) is 4.76. The van der Waals surface area contributed by atoms with Gasteiger partial charge in [-0.2, -0.15) is 0 Å². The zero-order chi connectivity index (χ0) is 23.4. The maximum Gasteiger partial charge on any atom is 0.225 e. The Bertz CT molecular complexity index is 989. The predicted molar refractivity (Wildman–Crippen MR) is 124 cm³/mol. The molecule has 2 amide bonds. The van der Waals surface area contributed by atoms with Crippen molar-refractivity contribution in [2.24, 2.45) is 17.8 Å². The van der Waals surface area contributed by atoms with Crippen LogP contribution in [0.4, 0.5) is 21.7 Å². The molecule has 0 radical (unpaired) electrons. The number of aromatic nitrogens is 2. The number of carbonyl (C=O) groups is 2. The highest BCUT2D eigenvalue weighted by Gasteiger charge is 2.27. The molecule has 1 aromatic carbocycles. The molecule has 2 saturated heterocycles. The number of amides is 2. The Balaban J connectivity index is 1.30. The van der Waals surface area contributed by atoms with E-state index >= 15 is 0 Å². The first kappa shape index (κ1) is 22.9. The van der Waals surface area contributed by atoms with E-state index in [2.05, 4.69) is 44.7 Å². The summed E-state index contributed by atoms with van der Waals surface area (Å²) < 4.78 is 14.5. The van der Waals surface area contributed by atoms with Crippen LogP contribution < -0.4 is 20.9 Å². The normalized spacial score (nSPS) is 19.0. The van der Waals surface area contributed by atoms with Crippen molar-refractivity contribution in [1.29, 1.82) is 0 Å². The Morgan fingerprint density at radius 1 is 1.21 bits per heavy atom. The molecule has 3 heterocycles. The highest BCUT2D eigenvalue weighted by molar-refractivity contribution is 5.89. The third-order valence-electron chi connectivity index (χ3n) is 6.55. The van der Waals surface area contributed by atoms with Gasteiger partial charge in [-0.05, 0) is 36.8 Å². The fraction of sp³-hybridized carbons (Fsp3) is 0.500. The summed E-state index contributed by atoms with van der Waals surface area (Å²) in [6.07, 6.45) is 5.90. The monoisotopic (exact) mass is 454 g/mol. The van der Waals surface area contributed by atoms with E-state index in [0.717, 1.165) is 37.8 Å². The molecule has 1 unspecified atom stereocenters. The summed E-state index contributed by atoms with van der Waals surface area (Å²) in [5, 5.41) is 8.45. The van der Waals surface area contributed by atoms with Crippen molar-refractivity contribution in [2.75, 3.05) is 29.9 Å². The van der Waals surface area contributed by atoms with Crippen LogP contribution in [0.3, 0.4) is 0 Å². The van der Waals surface area contributed by atoms with E-state index in [0.29, 0.717) is 29.4 Å². The number of piperidine rings is 1. The highest BCUT2D eigenvalue weighted by Crippen LogP contribution is 2.27. The van der Waals surface area contributed by atoms with Crippen molar-refractivity contribution < 1.29 is 14.0 Å². The number of nitrogens with one attached hydrogen (secondary N) is 3. The second-order valence-electron chi connectivity index (χ2n) is 9.19. The number of rotatable bonds is 7. The molecule has 0 spiro atoms. The van der Waals surface area contributed by atoms with Gasteiger partial charge in [0.05, 0.1) is 24.0 Å². The maximum atomic E-state index is 14.5. The van der Waals surface area contributed by atoms with Crippen LogP contribution in [0.5, 0.6) is 0 Å². The van der Waals surface area contributed by atoms with Crippen LogP contribution in [0.2, 0.25) is 0 Å². The molecule has 0 bridgehead atoms. The molecule has 176 valence electrons. The summed E-state index contributed by atoms with van der Waals surface area (Å²) in [7, 11) is 0. The van der Waals surface area contributed by atoms with E-state index in [9.17, 15) is 14.0 Å². The summed E-state index contributed by atoms with van der Waals surface area (Å²) >= 11 is 0. The summed E-state index contributed by atoms with van der Waals surface area (Å²) in [5.74, 6) is 0.983. The van der Waals surface area contributed by atoms with Gasteiger partial charge in [-0.1, -0.05) is 19.9 Å². The Labute approximate surface area is 193 Å². The highest BCUT2D eigenvalue weighted by atomic mass is 19.1. The van der Waals surface area contributed by atoms with Crippen molar-refractivity contribution in [3.8, 4) is 0 Å². The van der Waals surface area contributed by atoms with Crippen molar-refractivity contribution >= 4 is 29.1 Å². The summed E-state index contributed by atoms with van der Waals surface area (Å²) in [4.78, 5) is 34.5. The minimum atomic E-state index is -0.425. The average molecular weight is 455 g/mol. The fourth-order valence-electron chi connectivity index (χ4n) is 4.37. The fourth-order valence-corrected chi connectivity index (χ4v) is 4.37. The standard InChI is InChI=1S/C24H31FN6O2/c1-15(2)16-5-7-31(8-6-16)24-28-13-20(14-29-24)30-19-4-3-17(21(25)10-19)11-27-23(33)18-9-22(32)26-12-18/h3-4,10,13-16,18,30H,5-9,11-12H2,1-2H3,(H,26,32)(H,27,33). The molecule has 8 nitrogen and oxygen atoms in total. The lowest BCUT2D eigenvalue weighted by molar-refractivity contribution is -0.126. The molecule has 2 aromatic rings. The second-order valence-corrected chi connectivity index (χ2v) is 9.19. The molecule has 0 aliphatic carbocycles. The minimum Gasteiger partial charge on any atom is -0.355 e. The average Bonchev–Trinajstić information content (AvgIpc) is 3.25. The van der Waals surface area contributed by atoms with E-state index < -0.39 is 11.7 Å². The van der Waals surface area contributed by atoms with Gasteiger partial charge < -0.3 is 20.9 Å².